The topological polar surface area (TPSA) is 88.0 Å². The minimum absolute atomic E-state index is 0.0695. The number of rotatable bonds is 3. The highest BCUT2D eigenvalue weighted by Gasteiger charge is 2.25. The summed E-state index contributed by atoms with van der Waals surface area (Å²) in [5, 5.41) is 12.2. The quantitative estimate of drug-likeness (QED) is 0.583. The van der Waals surface area contributed by atoms with Crippen molar-refractivity contribution in [2.24, 2.45) is 0 Å². The van der Waals surface area contributed by atoms with E-state index in [0.29, 0.717) is 11.6 Å². The van der Waals surface area contributed by atoms with E-state index in [1.165, 1.54) is 10.9 Å². The molecule has 0 aromatic carbocycles. The average Bonchev–Trinajstić information content (AvgIpc) is 3.05. The largest absolute Gasteiger partial charge is 0.356 e. The summed E-state index contributed by atoms with van der Waals surface area (Å²) in [5.74, 6) is 1.20. The van der Waals surface area contributed by atoms with Gasteiger partial charge >= 0.3 is 0 Å². The van der Waals surface area contributed by atoms with Crippen molar-refractivity contribution < 1.29 is 4.92 Å². The van der Waals surface area contributed by atoms with Crippen LogP contribution in [-0.4, -0.2) is 33.0 Å². The predicted molar refractivity (Wildman–Crippen MR) is 95.9 cm³/mol. The normalized spacial score (nSPS) is 17.8. The van der Waals surface area contributed by atoms with Gasteiger partial charge < -0.3 is 9.88 Å². The first kappa shape index (κ1) is 15.6. The zero-order chi connectivity index (χ0) is 17.4. The van der Waals surface area contributed by atoms with Gasteiger partial charge in [-0.25, -0.2) is 9.97 Å². The van der Waals surface area contributed by atoms with Gasteiger partial charge in [0.25, 0.3) is 5.69 Å². The van der Waals surface area contributed by atoms with Gasteiger partial charge in [-0.3, -0.25) is 10.1 Å². The molecule has 0 bridgehead atoms. The van der Waals surface area contributed by atoms with Crippen LogP contribution >= 0.6 is 0 Å². The number of aryl methyl sites for hydroxylation is 1. The average molecular weight is 337 g/mol. The van der Waals surface area contributed by atoms with Crippen LogP contribution in [0.4, 0.5) is 11.5 Å². The molecular formula is C18H19N5O2. The number of piperidine rings is 1. The lowest BCUT2D eigenvalue weighted by atomic mass is 9.90. The first-order valence-corrected chi connectivity index (χ1v) is 8.42. The molecule has 0 saturated carbocycles. The van der Waals surface area contributed by atoms with Crippen LogP contribution in [0.1, 0.15) is 30.0 Å². The molecule has 128 valence electrons. The maximum Gasteiger partial charge on any atom is 0.290 e. The summed E-state index contributed by atoms with van der Waals surface area (Å²) < 4.78 is 0. The van der Waals surface area contributed by atoms with Crippen molar-refractivity contribution in [2.75, 3.05) is 18.0 Å². The molecule has 0 amide bonds. The number of hydrogen-bond acceptors (Lipinski definition) is 5. The van der Waals surface area contributed by atoms with Gasteiger partial charge in [-0.1, -0.05) is 0 Å². The van der Waals surface area contributed by atoms with Crippen molar-refractivity contribution >= 4 is 22.5 Å². The summed E-state index contributed by atoms with van der Waals surface area (Å²) in [5.41, 5.74) is 2.73. The number of nitro groups is 1. The lowest BCUT2D eigenvalue weighted by Gasteiger charge is -2.33. The zero-order valence-corrected chi connectivity index (χ0v) is 14.0. The summed E-state index contributed by atoms with van der Waals surface area (Å²) in [6.45, 7) is 3.46. The van der Waals surface area contributed by atoms with Gasteiger partial charge in [0.1, 0.15) is 17.2 Å². The number of aromatic amines is 1. The molecule has 4 rings (SSSR count). The van der Waals surface area contributed by atoms with E-state index >= 15 is 0 Å². The van der Waals surface area contributed by atoms with Crippen LogP contribution in [0, 0.1) is 17.0 Å². The molecule has 1 saturated heterocycles. The number of aromatic nitrogens is 3. The number of nitrogens with one attached hydrogen (secondary N) is 1. The highest BCUT2D eigenvalue weighted by atomic mass is 16.6. The van der Waals surface area contributed by atoms with E-state index in [-0.39, 0.29) is 10.6 Å². The summed E-state index contributed by atoms with van der Waals surface area (Å²) in [4.78, 5) is 24.9. The molecule has 1 aliphatic rings. The first-order chi connectivity index (χ1) is 12.1. The predicted octanol–water partition coefficient (Wildman–Crippen LogP) is 3.56. The van der Waals surface area contributed by atoms with Crippen molar-refractivity contribution in [3.05, 3.63) is 58.0 Å². The molecule has 0 unspecified atom stereocenters. The SMILES string of the molecule is Cc1nc(N2CCC[C@H](c3c[nH]c4ncccc34)C2)ccc1[N+](=O)[O-]. The Morgan fingerprint density at radius 3 is 3.04 bits per heavy atom. The van der Waals surface area contributed by atoms with Crippen LogP contribution < -0.4 is 4.90 Å². The van der Waals surface area contributed by atoms with E-state index in [1.54, 1.807) is 25.3 Å². The Labute approximate surface area is 144 Å². The molecule has 25 heavy (non-hydrogen) atoms. The molecule has 1 N–H and O–H groups in total. The number of H-pyrrole nitrogens is 1. The van der Waals surface area contributed by atoms with Gasteiger partial charge in [-0.15, -0.1) is 0 Å². The van der Waals surface area contributed by atoms with Crippen LogP contribution in [-0.2, 0) is 0 Å². The maximum absolute atomic E-state index is 11.0. The molecule has 1 atom stereocenters. The Morgan fingerprint density at radius 2 is 2.24 bits per heavy atom. The fraction of sp³-hybridized carbons (Fsp3) is 0.333. The van der Waals surface area contributed by atoms with Crippen molar-refractivity contribution in [1.29, 1.82) is 0 Å². The van der Waals surface area contributed by atoms with Gasteiger partial charge in [0.05, 0.1) is 4.92 Å². The van der Waals surface area contributed by atoms with Crippen molar-refractivity contribution in [1.82, 2.24) is 15.0 Å². The van der Waals surface area contributed by atoms with Gasteiger partial charge in [0.2, 0.25) is 0 Å². The fourth-order valence-electron chi connectivity index (χ4n) is 3.66. The van der Waals surface area contributed by atoms with Crippen molar-refractivity contribution in [3.63, 3.8) is 0 Å². The molecule has 7 nitrogen and oxygen atoms in total. The first-order valence-electron chi connectivity index (χ1n) is 8.42. The molecule has 7 heteroatoms. The van der Waals surface area contributed by atoms with Crippen molar-refractivity contribution in [3.8, 4) is 0 Å². The second-order valence-corrected chi connectivity index (χ2v) is 6.46. The minimum atomic E-state index is -0.385. The van der Waals surface area contributed by atoms with Gasteiger partial charge in [0.15, 0.2) is 0 Å². The van der Waals surface area contributed by atoms with Crippen LogP contribution in [0.2, 0.25) is 0 Å². The number of pyridine rings is 2. The third-order valence-electron chi connectivity index (χ3n) is 4.91. The number of nitrogens with zero attached hydrogens (tertiary/aromatic N) is 4. The highest BCUT2D eigenvalue weighted by Crippen LogP contribution is 2.33. The molecule has 1 aliphatic heterocycles. The van der Waals surface area contributed by atoms with E-state index in [4.69, 9.17) is 0 Å². The number of fused-ring (bicyclic) bond motifs is 1. The van der Waals surface area contributed by atoms with Crippen LogP contribution in [0.3, 0.4) is 0 Å². The Morgan fingerprint density at radius 1 is 1.36 bits per heavy atom. The van der Waals surface area contributed by atoms with E-state index in [9.17, 15) is 10.1 Å². The molecule has 3 aromatic heterocycles. The van der Waals surface area contributed by atoms with Crippen LogP contribution in [0.15, 0.2) is 36.7 Å². The van der Waals surface area contributed by atoms with E-state index in [0.717, 1.165) is 37.4 Å². The second-order valence-electron chi connectivity index (χ2n) is 6.46. The Bertz CT molecular complexity index is 936. The van der Waals surface area contributed by atoms with Gasteiger partial charge in [-0.05, 0) is 43.5 Å². The highest BCUT2D eigenvalue weighted by molar-refractivity contribution is 5.80. The molecular weight excluding hydrogens is 318 g/mol. The van der Waals surface area contributed by atoms with Gasteiger partial charge in [-0.2, -0.15) is 0 Å². The Kier molecular flexibility index (Phi) is 3.83. The lowest BCUT2D eigenvalue weighted by Crippen LogP contribution is -2.35. The van der Waals surface area contributed by atoms with Crippen LogP contribution in [0.5, 0.6) is 0 Å². The Hall–Kier alpha value is -2.96. The fourth-order valence-corrected chi connectivity index (χ4v) is 3.66. The Balaban J connectivity index is 1.61. The van der Waals surface area contributed by atoms with Crippen LogP contribution in [0.25, 0.3) is 11.0 Å². The smallest absolute Gasteiger partial charge is 0.290 e. The summed E-state index contributed by atoms with van der Waals surface area (Å²) in [6.07, 6.45) is 6.03. The van der Waals surface area contributed by atoms with E-state index < -0.39 is 0 Å². The number of hydrogen-bond donors (Lipinski definition) is 1. The third-order valence-corrected chi connectivity index (χ3v) is 4.91. The van der Waals surface area contributed by atoms with E-state index in [2.05, 4.69) is 32.1 Å². The lowest BCUT2D eigenvalue weighted by molar-refractivity contribution is -0.385. The number of anilines is 1. The van der Waals surface area contributed by atoms with Crippen molar-refractivity contribution in [2.45, 2.75) is 25.7 Å². The molecule has 0 radical (unpaired) electrons. The third kappa shape index (κ3) is 2.82. The molecule has 1 fully saturated rings. The molecule has 3 aromatic rings. The zero-order valence-electron chi connectivity index (χ0n) is 14.0. The molecule has 4 heterocycles. The molecule has 0 aliphatic carbocycles. The maximum atomic E-state index is 11.0. The monoisotopic (exact) mass is 337 g/mol. The van der Waals surface area contributed by atoms with Gasteiger partial charge in [0, 0.05) is 42.9 Å². The summed E-state index contributed by atoms with van der Waals surface area (Å²) in [7, 11) is 0. The standard InChI is InChI=1S/C18H19N5O2/c1-12-16(23(24)25)6-7-17(21-12)22-9-3-4-13(11-22)15-10-20-18-14(15)5-2-8-19-18/h2,5-8,10,13H,3-4,9,11H2,1H3,(H,19,20)/t13-/m0/s1. The molecule has 0 spiro atoms. The summed E-state index contributed by atoms with van der Waals surface area (Å²) in [6, 6.07) is 7.37. The second kappa shape index (κ2) is 6.16. The minimum Gasteiger partial charge on any atom is -0.356 e. The summed E-state index contributed by atoms with van der Waals surface area (Å²) >= 11 is 0. The van der Waals surface area contributed by atoms with E-state index in [1.807, 2.05) is 6.07 Å².